The number of carbonyl (C=O) groups excluding carboxylic acids is 2. The van der Waals surface area contributed by atoms with Crippen LogP contribution in [-0.4, -0.2) is 33.0 Å². The molecule has 2 N–H and O–H groups in total. The van der Waals surface area contributed by atoms with E-state index in [9.17, 15) is 19.8 Å². The van der Waals surface area contributed by atoms with Crippen molar-refractivity contribution in [2.75, 3.05) is 0 Å². The molecular formula is C38H54O4. The molecule has 8 rings (SSSR count). The minimum atomic E-state index is -1.02. The number of ketones is 2. The molecule has 0 radical (unpaired) electrons. The lowest BCUT2D eigenvalue weighted by Gasteiger charge is -2.64. The molecule has 0 amide bonds. The highest BCUT2D eigenvalue weighted by molar-refractivity contribution is 5.91. The second kappa shape index (κ2) is 9.62. The van der Waals surface area contributed by atoms with Crippen molar-refractivity contribution in [2.24, 2.45) is 58.2 Å². The van der Waals surface area contributed by atoms with Crippen molar-refractivity contribution in [1.29, 1.82) is 0 Å². The van der Waals surface area contributed by atoms with E-state index in [0.717, 1.165) is 103 Å². The monoisotopic (exact) mass is 574 g/mol. The second-order valence-corrected chi connectivity index (χ2v) is 16.5. The van der Waals surface area contributed by atoms with Crippen LogP contribution in [0.3, 0.4) is 0 Å². The van der Waals surface area contributed by atoms with Gasteiger partial charge < -0.3 is 10.2 Å². The van der Waals surface area contributed by atoms with Gasteiger partial charge in [0.2, 0.25) is 0 Å². The van der Waals surface area contributed by atoms with Crippen LogP contribution in [-0.2, 0) is 9.59 Å². The van der Waals surface area contributed by atoms with E-state index in [1.165, 1.54) is 11.1 Å². The van der Waals surface area contributed by atoms with Gasteiger partial charge in [0.25, 0.3) is 0 Å². The van der Waals surface area contributed by atoms with Crippen molar-refractivity contribution in [3.8, 4) is 0 Å². The van der Waals surface area contributed by atoms with Crippen molar-refractivity contribution in [1.82, 2.24) is 0 Å². The molecule has 0 bridgehead atoms. The molecule has 0 aliphatic heterocycles. The van der Waals surface area contributed by atoms with Crippen LogP contribution in [0, 0.1) is 58.2 Å². The Bertz CT molecular complexity index is 1140. The number of hydrogen-bond acceptors (Lipinski definition) is 4. The average Bonchev–Trinajstić information content (AvgIpc) is 3.50. The van der Waals surface area contributed by atoms with Gasteiger partial charge in [-0.05, 0) is 162 Å². The molecule has 0 aromatic heterocycles. The molecule has 4 nitrogen and oxygen atoms in total. The van der Waals surface area contributed by atoms with E-state index in [1.807, 2.05) is 12.2 Å². The van der Waals surface area contributed by atoms with Gasteiger partial charge in [-0.15, -0.1) is 0 Å². The molecule has 0 spiro atoms. The predicted molar refractivity (Wildman–Crippen MR) is 163 cm³/mol. The van der Waals surface area contributed by atoms with Crippen LogP contribution in [0.2, 0.25) is 0 Å². The summed E-state index contributed by atoms with van der Waals surface area (Å²) in [7, 11) is 0. The van der Waals surface area contributed by atoms with Crippen LogP contribution >= 0.6 is 0 Å². The summed E-state index contributed by atoms with van der Waals surface area (Å²) in [5, 5.41) is 26.7. The first kappa shape index (κ1) is 28.2. The molecule has 12 atom stereocenters. The molecule has 0 aromatic carbocycles. The molecule has 0 saturated heterocycles. The van der Waals surface area contributed by atoms with Crippen LogP contribution in [0.15, 0.2) is 23.3 Å². The van der Waals surface area contributed by atoms with E-state index in [0.29, 0.717) is 71.8 Å². The van der Waals surface area contributed by atoms with E-state index in [1.54, 1.807) is 0 Å². The van der Waals surface area contributed by atoms with Gasteiger partial charge in [-0.3, -0.25) is 9.59 Å². The van der Waals surface area contributed by atoms with Gasteiger partial charge in [0.1, 0.15) is 0 Å². The third kappa shape index (κ3) is 3.38. The van der Waals surface area contributed by atoms with E-state index in [4.69, 9.17) is 0 Å². The lowest BCUT2D eigenvalue weighted by Crippen LogP contribution is -2.70. The van der Waals surface area contributed by atoms with Gasteiger partial charge >= 0.3 is 0 Å². The Morgan fingerprint density at radius 1 is 0.571 bits per heavy atom. The summed E-state index contributed by atoms with van der Waals surface area (Å²) >= 11 is 0. The van der Waals surface area contributed by atoms with Crippen LogP contribution < -0.4 is 0 Å². The first-order chi connectivity index (χ1) is 20.2. The first-order valence-electron chi connectivity index (χ1n) is 18.1. The Kier molecular flexibility index (Phi) is 6.47. The van der Waals surface area contributed by atoms with Gasteiger partial charge in [0, 0.05) is 23.7 Å². The summed E-state index contributed by atoms with van der Waals surface area (Å²) in [6.45, 7) is 4.64. The highest BCUT2D eigenvalue weighted by Crippen LogP contribution is 2.75. The fourth-order valence-corrected chi connectivity index (χ4v) is 14.7. The molecule has 8 aliphatic carbocycles. The zero-order valence-electron chi connectivity index (χ0n) is 26.2. The van der Waals surface area contributed by atoms with Crippen molar-refractivity contribution in [2.45, 2.75) is 141 Å². The SMILES string of the molecule is CC[C@]12CCC3C4CCC(=O)C=C4CCC3C1CCC2(O)C1(O)CCC2C3CCC4=CC(=O)CCC4C3CC[C@@]21CC. The number of allylic oxidation sites excluding steroid dienone is 2. The van der Waals surface area contributed by atoms with Crippen LogP contribution in [0.5, 0.6) is 0 Å². The Hall–Kier alpha value is -1.26. The molecule has 10 unspecified atom stereocenters. The summed E-state index contributed by atoms with van der Waals surface area (Å²) in [5.41, 5.74) is 0.423. The molecule has 6 saturated carbocycles. The minimum absolute atomic E-state index is 0.200. The fraction of sp³-hybridized carbons (Fsp3) is 0.842. The quantitative estimate of drug-likeness (QED) is 0.366. The maximum atomic E-state index is 13.3. The fourth-order valence-electron chi connectivity index (χ4n) is 14.7. The highest BCUT2D eigenvalue weighted by Gasteiger charge is 2.77. The lowest BCUT2D eigenvalue weighted by molar-refractivity contribution is -0.276. The summed E-state index contributed by atoms with van der Waals surface area (Å²) in [6.07, 6.45) is 21.8. The lowest BCUT2D eigenvalue weighted by atomic mass is 9.43. The van der Waals surface area contributed by atoms with Crippen molar-refractivity contribution >= 4 is 11.6 Å². The minimum Gasteiger partial charge on any atom is -0.386 e. The topological polar surface area (TPSA) is 74.6 Å². The first-order valence-corrected chi connectivity index (χ1v) is 18.1. The normalized spacial score (nSPS) is 53.1. The largest absolute Gasteiger partial charge is 0.386 e. The molecule has 4 heteroatoms. The predicted octanol–water partition coefficient (Wildman–Crippen LogP) is 7.51. The van der Waals surface area contributed by atoms with Crippen LogP contribution in [0.25, 0.3) is 0 Å². The molecule has 6 fully saturated rings. The summed E-state index contributed by atoms with van der Waals surface area (Å²) in [6, 6.07) is 0. The second-order valence-electron chi connectivity index (χ2n) is 16.5. The van der Waals surface area contributed by atoms with E-state index < -0.39 is 11.2 Å². The Balaban J connectivity index is 1.12. The molecular weight excluding hydrogens is 520 g/mol. The van der Waals surface area contributed by atoms with Crippen LogP contribution in [0.4, 0.5) is 0 Å². The Morgan fingerprint density at radius 2 is 1.00 bits per heavy atom. The number of carbonyl (C=O) groups is 2. The van der Waals surface area contributed by atoms with E-state index in [2.05, 4.69) is 13.8 Å². The number of rotatable bonds is 3. The zero-order chi connectivity index (χ0) is 29.1. The summed E-state index contributed by atoms with van der Waals surface area (Å²) < 4.78 is 0. The van der Waals surface area contributed by atoms with E-state index >= 15 is 0 Å². The van der Waals surface area contributed by atoms with Gasteiger partial charge in [0.05, 0.1) is 11.2 Å². The van der Waals surface area contributed by atoms with Crippen molar-refractivity contribution in [3.63, 3.8) is 0 Å². The number of fused-ring (bicyclic) bond motifs is 10. The third-order valence-electron chi connectivity index (χ3n) is 16.2. The summed E-state index contributed by atoms with van der Waals surface area (Å²) in [4.78, 5) is 24.4. The van der Waals surface area contributed by atoms with Gasteiger partial charge in [-0.1, -0.05) is 25.0 Å². The zero-order valence-corrected chi connectivity index (χ0v) is 26.2. The third-order valence-corrected chi connectivity index (χ3v) is 16.2. The highest BCUT2D eigenvalue weighted by atomic mass is 16.4. The Labute approximate surface area is 253 Å². The molecule has 42 heavy (non-hydrogen) atoms. The molecule has 0 aromatic rings. The van der Waals surface area contributed by atoms with Crippen molar-refractivity contribution < 1.29 is 19.8 Å². The van der Waals surface area contributed by atoms with Crippen molar-refractivity contribution in [3.05, 3.63) is 23.3 Å². The van der Waals surface area contributed by atoms with Crippen LogP contribution in [0.1, 0.15) is 129 Å². The smallest absolute Gasteiger partial charge is 0.155 e. The molecule has 0 heterocycles. The standard InChI is InChI=1S/C38H54O4/c1-3-35-17-13-29-27-11-7-25(39)21-23(27)5-9-31(29)33(35)15-19-37(35,41)38(42)20-16-34-32-10-6-24-22-26(40)8-12-28(24)30(32)14-18-36(34,38)4-2/h21-22,27-34,41-42H,3-20H2,1-2H3/t27?,28?,29?,30?,31?,32?,33?,34?,35-,36-,37?,38?/m0/s1. The maximum absolute atomic E-state index is 13.3. The summed E-state index contributed by atoms with van der Waals surface area (Å²) in [5.74, 6) is 5.31. The Morgan fingerprint density at radius 3 is 1.40 bits per heavy atom. The molecule has 230 valence electrons. The number of aliphatic hydroxyl groups is 2. The maximum Gasteiger partial charge on any atom is 0.155 e. The number of hydrogen-bond donors (Lipinski definition) is 2. The van der Waals surface area contributed by atoms with Gasteiger partial charge in [0.15, 0.2) is 11.6 Å². The van der Waals surface area contributed by atoms with E-state index in [-0.39, 0.29) is 10.8 Å². The van der Waals surface area contributed by atoms with Gasteiger partial charge in [-0.25, -0.2) is 0 Å². The molecule has 8 aliphatic rings. The van der Waals surface area contributed by atoms with Gasteiger partial charge in [-0.2, -0.15) is 0 Å². The average molecular weight is 575 g/mol.